The van der Waals surface area contributed by atoms with Crippen molar-refractivity contribution in [1.29, 1.82) is 0 Å². The molecular weight excluding hydrogens is 455 g/mol. The Kier molecular flexibility index (Phi) is 9.71. The van der Waals surface area contributed by atoms with Crippen LogP contribution in [-0.4, -0.2) is 26.7 Å². The standard InChI is InChI=1S/C18H21F2N3O2.HI/c1-21-18(22-11-13-6-5-8-15(10-13)24-2)23-12-14-7-3-4-9-16(14)25-17(19)20;/h3-10,17H,11-12H2,1-2H3,(H2,21,22,23);1H. The lowest BCUT2D eigenvalue weighted by atomic mass is 10.2. The first-order valence-electron chi connectivity index (χ1n) is 7.72. The molecular formula is C18H22F2IN3O2. The summed E-state index contributed by atoms with van der Waals surface area (Å²) in [5.74, 6) is 1.48. The molecule has 142 valence electrons. The lowest BCUT2D eigenvalue weighted by Gasteiger charge is -2.14. The molecule has 0 saturated carbocycles. The Labute approximate surface area is 168 Å². The van der Waals surface area contributed by atoms with Crippen molar-refractivity contribution >= 4 is 29.9 Å². The highest BCUT2D eigenvalue weighted by Crippen LogP contribution is 2.19. The SMILES string of the molecule is CN=C(NCc1cccc(OC)c1)NCc1ccccc1OC(F)F.I. The number of para-hydroxylation sites is 1. The molecule has 2 rings (SSSR count). The number of methoxy groups -OCH3 is 1. The van der Waals surface area contributed by atoms with Gasteiger partial charge in [0.05, 0.1) is 7.11 Å². The molecule has 0 aliphatic heterocycles. The zero-order chi connectivity index (χ0) is 18.1. The number of nitrogens with zero attached hydrogens (tertiary/aromatic N) is 1. The third kappa shape index (κ3) is 7.03. The Balaban J connectivity index is 0.00000338. The average Bonchev–Trinajstić information content (AvgIpc) is 2.62. The first-order chi connectivity index (χ1) is 12.1. The highest BCUT2D eigenvalue weighted by Gasteiger charge is 2.09. The fourth-order valence-electron chi connectivity index (χ4n) is 2.23. The van der Waals surface area contributed by atoms with E-state index >= 15 is 0 Å². The minimum atomic E-state index is -2.85. The Morgan fingerprint density at radius 1 is 1.08 bits per heavy atom. The normalized spacial score (nSPS) is 10.9. The number of guanidine groups is 1. The Morgan fingerprint density at radius 3 is 2.50 bits per heavy atom. The molecule has 0 atom stereocenters. The van der Waals surface area contributed by atoms with Crippen LogP contribution in [0.25, 0.3) is 0 Å². The molecule has 8 heteroatoms. The van der Waals surface area contributed by atoms with E-state index in [1.165, 1.54) is 6.07 Å². The van der Waals surface area contributed by atoms with Gasteiger partial charge in [-0.3, -0.25) is 4.99 Å². The van der Waals surface area contributed by atoms with E-state index in [2.05, 4.69) is 20.4 Å². The van der Waals surface area contributed by atoms with Crippen molar-refractivity contribution in [1.82, 2.24) is 10.6 Å². The molecule has 0 bridgehead atoms. The number of benzene rings is 2. The van der Waals surface area contributed by atoms with Crippen molar-refractivity contribution in [3.63, 3.8) is 0 Å². The third-order valence-electron chi connectivity index (χ3n) is 3.45. The van der Waals surface area contributed by atoms with Gasteiger partial charge in [-0.15, -0.1) is 24.0 Å². The van der Waals surface area contributed by atoms with Crippen LogP contribution in [0.15, 0.2) is 53.5 Å². The number of hydrogen-bond acceptors (Lipinski definition) is 3. The molecule has 0 spiro atoms. The van der Waals surface area contributed by atoms with Crippen LogP contribution < -0.4 is 20.1 Å². The van der Waals surface area contributed by atoms with Crippen LogP contribution >= 0.6 is 24.0 Å². The molecule has 26 heavy (non-hydrogen) atoms. The largest absolute Gasteiger partial charge is 0.497 e. The lowest BCUT2D eigenvalue weighted by Crippen LogP contribution is -2.36. The maximum absolute atomic E-state index is 12.4. The highest BCUT2D eigenvalue weighted by atomic mass is 127. The van der Waals surface area contributed by atoms with Crippen molar-refractivity contribution in [2.75, 3.05) is 14.2 Å². The number of nitrogens with one attached hydrogen (secondary N) is 2. The van der Waals surface area contributed by atoms with Gasteiger partial charge in [-0.25, -0.2) is 0 Å². The smallest absolute Gasteiger partial charge is 0.387 e. The van der Waals surface area contributed by atoms with E-state index in [0.29, 0.717) is 24.6 Å². The summed E-state index contributed by atoms with van der Waals surface area (Å²) in [6.45, 7) is -2.00. The van der Waals surface area contributed by atoms with Gasteiger partial charge in [0.2, 0.25) is 0 Å². The molecule has 0 heterocycles. The molecule has 0 unspecified atom stereocenters. The quantitative estimate of drug-likeness (QED) is 0.362. The molecule has 2 N–H and O–H groups in total. The summed E-state index contributed by atoms with van der Waals surface area (Å²) in [4.78, 5) is 4.13. The van der Waals surface area contributed by atoms with Crippen LogP contribution in [0.3, 0.4) is 0 Å². The zero-order valence-electron chi connectivity index (χ0n) is 14.5. The fourth-order valence-corrected chi connectivity index (χ4v) is 2.23. The first kappa shape index (κ1) is 21.9. The van der Waals surface area contributed by atoms with Crippen LogP contribution in [-0.2, 0) is 13.1 Å². The fraction of sp³-hybridized carbons (Fsp3) is 0.278. The predicted molar refractivity (Wildman–Crippen MR) is 109 cm³/mol. The van der Waals surface area contributed by atoms with Gasteiger partial charge < -0.3 is 20.1 Å². The van der Waals surface area contributed by atoms with Gasteiger partial charge in [-0.1, -0.05) is 30.3 Å². The maximum Gasteiger partial charge on any atom is 0.387 e. The predicted octanol–water partition coefficient (Wildman–Crippen LogP) is 3.78. The van der Waals surface area contributed by atoms with Crippen LogP contribution in [0.1, 0.15) is 11.1 Å². The van der Waals surface area contributed by atoms with Crippen molar-refractivity contribution < 1.29 is 18.3 Å². The van der Waals surface area contributed by atoms with E-state index < -0.39 is 6.61 Å². The van der Waals surface area contributed by atoms with Crippen molar-refractivity contribution in [3.8, 4) is 11.5 Å². The maximum atomic E-state index is 12.4. The van der Waals surface area contributed by atoms with E-state index in [1.807, 2.05) is 24.3 Å². The summed E-state index contributed by atoms with van der Waals surface area (Å²) in [7, 11) is 3.26. The summed E-state index contributed by atoms with van der Waals surface area (Å²) in [6, 6.07) is 14.3. The molecule has 0 fully saturated rings. The zero-order valence-corrected chi connectivity index (χ0v) is 16.9. The molecule has 0 aliphatic rings. The molecule has 2 aromatic carbocycles. The summed E-state index contributed by atoms with van der Waals surface area (Å²) >= 11 is 0. The van der Waals surface area contributed by atoms with E-state index in [4.69, 9.17) is 4.74 Å². The molecule has 0 aliphatic carbocycles. The number of aliphatic imine (C=N–C) groups is 1. The minimum absolute atomic E-state index is 0. The number of ether oxygens (including phenoxy) is 2. The summed E-state index contributed by atoms with van der Waals surface area (Å²) in [6.07, 6.45) is 0. The van der Waals surface area contributed by atoms with E-state index in [1.54, 1.807) is 32.4 Å². The Hall–Kier alpha value is -2.10. The number of rotatable bonds is 7. The Morgan fingerprint density at radius 2 is 1.81 bits per heavy atom. The van der Waals surface area contributed by atoms with Crippen LogP contribution in [0.2, 0.25) is 0 Å². The monoisotopic (exact) mass is 477 g/mol. The number of hydrogen-bond donors (Lipinski definition) is 2. The van der Waals surface area contributed by atoms with Crippen LogP contribution in [0, 0.1) is 0 Å². The van der Waals surface area contributed by atoms with Gasteiger partial charge in [0.25, 0.3) is 0 Å². The Bertz CT molecular complexity index is 714. The van der Waals surface area contributed by atoms with Crippen molar-refractivity contribution in [3.05, 3.63) is 59.7 Å². The second-order valence-corrected chi connectivity index (χ2v) is 5.12. The summed E-state index contributed by atoms with van der Waals surface area (Å²) in [5.41, 5.74) is 1.65. The van der Waals surface area contributed by atoms with Crippen molar-refractivity contribution in [2.45, 2.75) is 19.7 Å². The second-order valence-electron chi connectivity index (χ2n) is 5.12. The van der Waals surface area contributed by atoms with E-state index in [9.17, 15) is 8.78 Å². The van der Waals surface area contributed by atoms with Gasteiger partial charge in [0.15, 0.2) is 5.96 Å². The summed E-state index contributed by atoms with van der Waals surface area (Å²) in [5, 5.41) is 6.24. The van der Waals surface area contributed by atoms with Gasteiger partial charge in [-0.05, 0) is 23.8 Å². The molecule has 0 amide bonds. The van der Waals surface area contributed by atoms with Crippen molar-refractivity contribution in [2.24, 2.45) is 4.99 Å². The molecule has 2 aromatic rings. The third-order valence-corrected chi connectivity index (χ3v) is 3.45. The molecule has 5 nitrogen and oxygen atoms in total. The summed E-state index contributed by atoms with van der Waals surface area (Å²) < 4.78 is 34.6. The van der Waals surface area contributed by atoms with E-state index in [-0.39, 0.29) is 29.7 Å². The number of alkyl halides is 2. The molecule has 0 saturated heterocycles. The average molecular weight is 477 g/mol. The van der Waals surface area contributed by atoms with E-state index in [0.717, 1.165) is 11.3 Å². The topological polar surface area (TPSA) is 54.9 Å². The first-order valence-corrected chi connectivity index (χ1v) is 7.72. The highest BCUT2D eigenvalue weighted by molar-refractivity contribution is 14.0. The van der Waals surface area contributed by atoms with Gasteiger partial charge in [-0.2, -0.15) is 8.78 Å². The number of halogens is 3. The van der Waals surface area contributed by atoms with Gasteiger partial charge >= 0.3 is 6.61 Å². The second kappa shape index (κ2) is 11.5. The lowest BCUT2D eigenvalue weighted by molar-refractivity contribution is -0.0504. The van der Waals surface area contributed by atoms with Crippen LogP contribution in [0.4, 0.5) is 8.78 Å². The van der Waals surface area contributed by atoms with Gasteiger partial charge in [0.1, 0.15) is 11.5 Å². The van der Waals surface area contributed by atoms with Crippen LogP contribution in [0.5, 0.6) is 11.5 Å². The van der Waals surface area contributed by atoms with Gasteiger partial charge in [0, 0.05) is 25.7 Å². The molecule has 0 aromatic heterocycles. The molecule has 0 radical (unpaired) electrons. The minimum Gasteiger partial charge on any atom is -0.497 e.